The Hall–Kier alpha value is -0.620. The Labute approximate surface area is 85.2 Å². The number of hydrogen-bond acceptors (Lipinski definition) is 4. The van der Waals surface area contributed by atoms with Gasteiger partial charge in [-0.25, -0.2) is 8.42 Å². The van der Waals surface area contributed by atoms with Crippen LogP contribution in [-0.2, 0) is 14.6 Å². The second-order valence-corrected chi connectivity index (χ2v) is 5.51. The van der Waals surface area contributed by atoms with Crippen LogP contribution in [0, 0.1) is 0 Å². The molecule has 0 bridgehead atoms. The fourth-order valence-corrected chi connectivity index (χ4v) is 2.07. The fraction of sp³-hybridized carbons (Fsp3) is 0.875. The van der Waals surface area contributed by atoms with Crippen LogP contribution in [0.1, 0.15) is 13.8 Å². The van der Waals surface area contributed by atoms with E-state index >= 15 is 0 Å². The molecule has 84 valence electrons. The monoisotopic (exact) mass is 222 g/mol. The normalized spacial score (nSPS) is 13.6. The number of amides is 1. The number of hydrogen-bond donors (Lipinski definition) is 2. The van der Waals surface area contributed by atoms with Crippen molar-refractivity contribution in [3.8, 4) is 0 Å². The van der Waals surface area contributed by atoms with E-state index in [0.717, 1.165) is 0 Å². The molecule has 1 atom stereocenters. The minimum Gasteiger partial charge on any atom is -0.355 e. The molecule has 1 unspecified atom stereocenters. The molecule has 0 heterocycles. The van der Waals surface area contributed by atoms with E-state index in [9.17, 15) is 13.2 Å². The van der Waals surface area contributed by atoms with E-state index in [1.165, 1.54) is 6.26 Å². The van der Waals surface area contributed by atoms with E-state index in [4.69, 9.17) is 0 Å². The molecular formula is C8H18N2O3S. The number of nitrogens with one attached hydrogen (secondary N) is 2. The second kappa shape index (κ2) is 5.98. The van der Waals surface area contributed by atoms with Crippen molar-refractivity contribution in [3.63, 3.8) is 0 Å². The van der Waals surface area contributed by atoms with E-state index in [0.29, 0.717) is 6.54 Å². The summed E-state index contributed by atoms with van der Waals surface area (Å²) in [6.07, 6.45) is 1.18. The third-order valence-corrected chi connectivity index (χ3v) is 2.64. The summed E-state index contributed by atoms with van der Waals surface area (Å²) in [4.78, 5) is 11.0. The standard InChI is InChI=1S/C8H18N2O3S/c1-4-9-8(11)5-10-7(2)6-14(3,12)13/h7,10H,4-6H2,1-3H3,(H,9,11). The largest absolute Gasteiger partial charge is 0.355 e. The summed E-state index contributed by atoms with van der Waals surface area (Å²) in [7, 11) is -2.98. The number of rotatable bonds is 6. The van der Waals surface area contributed by atoms with Gasteiger partial charge in [0.2, 0.25) is 5.91 Å². The molecule has 14 heavy (non-hydrogen) atoms. The van der Waals surface area contributed by atoms with Crippen molar-refractivity contribution in [1.82, 2.24) is 10.6 Å². The van der Waals surface area contributed by atoms with Crippen LogP contribution >= 0.6 is 0 Å². The Kier molecular flexibility index (Phi) is 5.71. The fourth-order valence-electron chi connectivity index (χ4n) is 1.04. The van der Waals surface area contributed by atoms with Crippen LogP contribution < -0.4 is 10.6 Å². The predicted octanol–water partition coefficient (Wildman–Crippen LogP) is -0.855. The molecule has 0 aliphatic heterocycles. The third-order valence-electron chi connectivity index (χ3n) is 1.54. The Morgan fingerprint density at radius 1 is 1.43 bits per heavy atom. The van der Waals surface area contributed by atoms with Gasteiger partial charge in [-0.15, -0.1) is 0 Å². The minimum absolute atomic E-state index is 0.0480. The van der Waals surface area contributed by atoms with E-state index in [-0.39, 0.29) is 24.2 Å². The zero-order valence-corrected chi connectivity index (χ0v) is 9.65. The number of sulfone groups is 1. The van der Waals surface area contributed by atoms with E-state index in [1.807, 2.05) is 6.92 Å². The lowest BCUT2D eigenvalue weighted by molar-refractivity contribution is -0.120. The predicted molar refractivity (Wildman–Crippen MR) is 55.9 cm³/mol. The Bertz CT molecular complexity index is 274. The maximum absolute atomic E-state index is 11.0. The molecular weight excluding hydrogens is 204 g/mol. The highest BCUT2D eigenvalue weighted by Crippen LogP contribution is 1.89. The van der Waals surface area contributed by atoms with Crippen molar-refractivity contribution < 1.29 is 13.2 Å². The van der Waals surface area contributed by atoms with Gasteiger partial charge in [0.25, 0.3) is 0 Å². The van der Waals surface area contributed by atoms with Gasteiger partial charge in [0, 0.05) is 18.8 Å². The van der Waals surface area contributed by atoms with E-state index in [1.54, 1.807) is 6.92 Å². The summed E-state index contributed by atoms with van der Waals surface area (Å²) in [5, 5.41) is 5.45. The molecule has 0 aliphatic rings. The van der Waals surface area contributed by atoms with Crippen LogP contribution in [0.3, 0.4) is 0 Å². The molecule has 0 radical (unpaired) electrons. The lowest BCUT2D eigenvalue weighted by Crippen LogP contribution is -2.40. The summed E-state index contributed by atoms with van der Waals surface area (Å²) in [6.45, 7) is 4.31. The molecule has 0 saturated carbocycles. The van der Waals surface area contributed by atoms with Crippen LogP contribution in [0.2, 0.25) is 0 Å². The molecule has 6 heteroatoms. The minimum atomic E-state index is -2.98. The first-order valence-electron chi connectivity index (χ1n) is 4.53. The van der Waals surface area contributed by atoms with Gasteiger partial charge >= 0.3 is 0 Å². The molecule has 0 fully saturated rings. The number of carbonyl (C=O) groups is 1. The van der Waals surface area contributed by atoms with E-state index in [2.05, 4.69) is 10.6 Å². The lowest BCUT2D eigenvalue weighted by atomic mass is 10.4. The molecule has 2 N–H and O–H groups in total. The van der Waals surface area contributed by atoms with Crippen molar-refractivity contribution >= 4 is 15.7 Å². The highest BCUT2D eigenvalue weighted by molar-refractivity contribution is 7.90. The molecule has 0 saturated heterocycles. The Morgan fingerprint density at radius 3 is 2.43 bits per heavy atom. The van der Waals surface area contributed by atoms with Gasteiger partial charge in [-0.2, -0.15) is 0 Å². The van der Waals surface area contributed by atoms with Gasteiger partial charge in [0.15, 0.2) is 0 Å². The van der Waals surface area contributed by atoms with Gasteiger partial charge in [-0.05, 0) is 13.8 Å². The van der Waals surface area contributed by atoms with Crippen LogP contribution in [0.4, 0.5) is 0 Å². The van der Waals surface area contributed by atoms with Gasteiger partial charge in [-0.1, -0.05) is 0 Å². The summed E-state index contributed by atoms with van der Waals surface area (Å²) in [6, 6.07) is -0.201. The van der Waals surface area contributed by atoms with Gasteiger partial charge in [0.1, 0.15) is 9.84 Å². The topological polar surface area (TPSA) is 75.3 Å². The quantitative estimate of drug-likeness (QED) is 0.613. The van der Waals surface area contributed by atoms with Crippen molar-refractivity contribution in [3.05, 3.63) is 0 Å². The van der Waals surface area contributed by atoms with Gasteiger partial charge < -0.3 is 10.6 Å². The molecule has 0 aromatic heterocycles. The van der Waals surface area contributed by atoms with Crippen molar-refractivity contribution in [1.29, 1.82) is 0 Å². The Morgan fingerprint density at radius 2 is 2.00 bits per heavy atom. The van der Waals surface area contributed by atoms with Crippen LogP contribution in [0.15, 0.2) is 0 Å². The van der Waals surface area contributed by atoms with Crippen molar-refractivity contribution in [2.75, 3.05) is 25.1 Å². The smallest absolute Gasteiger partial charge is 0.233 e. The van der Waals surface area contributed by atoms with Gasteiger partial charge in [-0.3, -0.25) is 4.79 Å². The zero-order valence-electron chi connectivity index (χ0n) is 8.83. The van der Waals surface area contributed by atoms with Crippen LogP contribution in [-0.4, -0.2) is 45.5 Å². The van der Waals surface area contributed by atoms with E-state index < -0.39 is 9.84 Å². The first-order valence-corrected chi connectivity index (χ1v) is 6.59. The summed E-state index contributed by atoms with van der Waals surface area (Å²) in [5.41, 5.74) is 0. The van der Waals surface area contributed by atoms with Crippen LogP contribution in [0.5, 0.6) is 0 Å². The molecule has 1 amide bonds. The lowest BCUT2D eigenvalue weighted by Gasteiger charge is -2.11. The molecule has 0 aromatic rings. The highest BCUT2D eigenvalue weighted by atomic mass is 32.2. The first-order chi connectivity index (χ1) is 6.35. The first kappa shape index (κ1) is 13.4. The molecule has 0 aromatic carbocycles. The second-order valence-electron chi connectivity index (χ2n) is 3.33. The Balaban J connectivity index is 3.74. The van der Waals surface area contributed by atoms with Crippen LogP contribution in [0.25, 0.3) is 0 Å². The highest BCUT2D eigenvalue weighted by Gasteiger charge is 2.10. The summed E-state index contributed by atoms with van der Waals surface area (Å²) < 4.78 is 21.7. The molecule has 0 rings (SSSR count). The molecule has 0 spiro atoms. The average Bonchev–Trinajstić information content (AvgIpc) is 1.98. The van der Waals surface area contributed by atoms with Crippen molar-refractivity contribution in [2.24, 2.45) is 0 Å². The molecule has 0 aliphatic carbocycles. The summed E-state index contributed by atoms with van der Waals surface area (Å²) in [5.74, 6) is -0.0697. The maximum atomic E-state index is 11.0. The number of carbonyl (C=O) groups excluding carboxylic acids is 1. The molecule has 5 nitrogen and oxygen atoms in total. The SMILES string of the molecule is CCNC(=O)CNC(C)CS(C)(=O)=O. The summed E-state index contributed by atoms with van der Waals surface area (Å²) >= 11 is 0. The van der Waals surface area contributed by atoms with Crippen molar-refractivity contribution in [2.45, 2.75) is 19.9 Å². The maximum Gasteiger partial charge on any atom is 0.233 e. The zero-order chi connectivity index (χ0) is 11.2. The van der Waals surface area contributed by atoms with Gasteiger partial charge in [0.05, 0.1) is 12.3 Å². The number of likely N-dealkylation sites (N-methyl/N-ethyl adjacent to an activating group) is 1. The third kappa shape index (κ3) is 8.00. The average molecular weight is 222 g/mol.